The Morgan fingerprint density at radius 2 is 1.86 bits per heavy atom. The van der Waals surface area contributed by atoms with Gasteiger partial charge in [0.1, 0.15) is 18.1 Å². The van der Waals surface area contributed by atoms with E-state index < -0.39 is 0 Å². The van der Waals surface area contributed by atoms with Crippen LogP contribution in [0.3, 0.4) is 0 Å². The average Bonchev–Trinajstić information content (AvgIpc) is 2.54. The molecular formula is C18H18O3. The first-order chi connectivity index (χ1) is 10.3. The maximum absolute atomic E-state index is 8.71. The van der Waals surface area contributed by atoms with Gasteiger partial charge in [0.2, 0.25) is 0 Å². The summed E-state index contributed by atoms with van der Waals surface area (Å²) in [5.41, 5.74) is 1.93. The fourth-order valence-corrected chi connectivity index (χ4v) is 1.81. The Morgan fingerprint density at radius 1 is 1.05 bits per heavy atom. The number of aliphatic hydroxyl groups excluding tert-OH is 1. The normalized spacial score (nSPS) is 9.62. The van der Waals surface area contributed by atoms with Gasteiger partial charge in [-0.2, -0.15) is 0 Å². The predicted molar refractivity (Wildman–Crippen MR) is 82.3 cm³/mol. The number of hydrogen-bond acceptors (Lipinski definition) is 3. The van der Waals surface area contributed by atoms with Gasteiger partial charge in [-0.1, -0.05) is 30.0 Å². The summed E-state index contributed by atoms with van der Waals surface area (Å²) < 4.78 is 11.0. The van der Waals surface area contributed by atoms with Crippen molar-refractivity contribution in [1.82, 2.24) is 0 Å². The third-order valence-corrected chi connectivity index (χ3v) is 2.84. The molecule has 0 aromatic heterocycles. The SMILES string of the molecule is COc1cccc(COc2cccc(C#CCCO)c2)c1. The summed E-state index contributed by atoms with van der Waals surface area (Å²) in [6, 6.07) is 15.4. The van der Waals surface area contributed by atoms with Crippen molar-refractivity contribution < 1.29 is 14.6 Å². The lowest BCUT2D eigenvalue weighted by atomic mass is 10.2. The maximum atomic E-state index is 8.71. The van der Waals surface area contributed by atoms with Crippen LogP contribution in [-0.4, -0.2) is 18.8 Å². The third-order valence-electron chi connectivity index (χ3n) is 2.84. The van der Waals surface area contributed by atoms with Gasteiger partial charge in [0, 0.05) is 12.0 Å². The van der Waals surface area contributed by atoms with Crippen LogP contribution in [0.2, 0.25) is 0 Å². The summed E-state index contributed by atoms with van der Waals surface area (Å²) in [7, 11) is 1.65. The van der Waals surface area contributed by atoms with E-state index in [4.69, 9.17) is 14.6 Å². The Balaban J connectivity index is 2.00. The van der Waals surface area contributed by atoms with Crippen LogP contribution in [0.15, 0.2) is 48.5 Å². The summed E-state index contributed by atoms with van der Waals surface area (Å²) in [5.74, 6) is 7.48. The van der Waals surface area contributed by atoms with Gasteiger partial charge in [-0.05, 0) is 35.9 Å². The smallest absolute Gasteiger partial charge is 0.121 e. The van der Waals surface area contributed by atoms with Gasteiger partial charge >= 0.3 is 0 Å². The first-order valence-corrected chi connectivity index (χ1v) is 6.77. The molecule has 0 aliphatic carbocycles. The number of hydrogen-bond donors (Lipinski definition) is 1. The van der Waals surface area contributed by atoms with Gasteiger partial charge in [0.15, 0.2) is 0 Å². The first kappa shape index (κ1) is 15.0. The standard InChI is InChI=1S/C18H18O3/c1-20-17-9-5-8-16(13-17)14-21-18-10-4-7-15(12-18)6-2-3-11-19/h4-5,7-10,12-13,19H,3,11,14H2,1H3. The molecule has 2 rings (SSSR count). The molecule has 3 heteroatoms. The Labute approximate surface area is 125 Å². The predicted octanol–water partition coefficient (Wildman–Crippen LogP) is 3.01. The van der Waals surface area contributed by atoms with Crippen molar-refractivity contribution in [3.8, 4) is 23.3 Å². The van der Waals surface area contributed by atoms with E-state index in [0.717, 1.165) is 22.6 Å². The van der Waals surface area contributed by atoms with E-state index in [9.17, 15) is 0 Å². The number of benzene rings is 2. The minimum atomic E-state index is 0.0824. The fourth-order valence-electron chi connectivity index (χ4n) is 1.81. The summed E-state index contributed by atoms with van der Waals surface area (Å²) in [5, 5.41) is 8.71. The number of methoxy groups -OCH3 is 1. The van der Waals surface area contributed by atoms with Crippen LogP contribution in [0.5, 0.6) is 11.5 Å². The van der Waals surface area contributed by atoms with E-state index in [-0.39, 0.29) is 6.61 Å². The van der Waals surface area contributed by atoms with Crippen molar-refractivity contribution >= 4 is 0 Å². The van der Waals surface area contributed by atoms with Crippen molar-refractivity contribution in [2.75, 3.05) is 13.7 Å². The molecule has 0 unspecified atom stereocenters. The van der Waals surface area contributed by atoms with Crippen molar-refractivity contribution in [3.63, 3.8) is 0 Å². The van der Waals surface area contributed by atoms with Crippen molar-refractivity contribution in [1.29, 1.82) is 0 Å². The minimum absolute atomic E-state index is 0.0824. The topological polar surface area (TPSA) is 38.7 Å². The molecule has 2 aromatic carbocycles. The minimum Gasteiger partial charge on any atom is -0.497 e. The van der Waals surface area contributed by atoms with Crippen molar-refractivity contribution in [2.24, 2.45) is 0 Å². The summed E-state index contributed by atoms with van der Waals surface area (Å²) in [6.45, 7) is 0.559. The van der Waals surface area contributed by atoms with Gasteiger partial charge in [0.25, 0.3) is 0 Å². The zero-order valence-corrected chi connectivity index (χ0v) is 12.0. The van der Waals surface area contributed by atoms with Crippen LogP contribution in [0.4, 0.5) is 0 Å². The zero-order chi connectivity index (χ0) is 14.9. The number of rotatable bonds is 5. The second-order valence-corrected chi connectivity index (χ2v) is 4.44. The molecule has 0 spiro atoms. The summed E-state index contributed by atoms with van der Waals surface area (Å²) in [4.78, 5) is 0. The van der Waals surface area contributed by atoms with Crippen LogP contribution in [-0.2, 0) is 6.61 Å². The van der Waals surface area contributed by atoms with Crippen LogP contribution in [0.1, 0.15) is 17.5 Å². The lowest BCUT2D eigenvalue weighted by Gasteiger charge is -2.08. The van der Waals surface area contributed by atoms with Gasteiger partial charge in [-0.25, -0.2) is 0 Å². The van der Waals surface area contributed by atoms with Gasteiger partial charge in [0.05, 0.1) is 13.7 Å². The Hall–Kier alpha value is -2.44. The molecule has 0 amide bonds. The van der Waals surface area contributed by atoms with E-state index in [0.29, 0.717) is 13.0 Å². The molecule has 3 nitrogen and oxygen atoms in total. The second kappa shape index (κ2) is 7.98. The van der Waals surface area contributed by atoms with Gasteiger partial charge in [-0.15, -0.1) is 0 Å². The van der Waals surface area contributed by atoms with E-state index >= 15 is 0 Å². The third kappa shape index (κ3) is 4.87. The first-order valence-electron chi connectivity index (χ1n) is 6.77. The lowest BCUT2D eigenvalue weighted by Crippen LogP contribution is -1.96. The Bertz CT molecular complexity index is 638. The molecule has 108 valence electrons. The Kier molecular flexibility index (Phi) is 5.69. The highest BCUT2D eigenvalue weighted by Gasteiger charge is 1.99. The van der Waals surface area contributed by atoms with E-state index in [1.165, 1.54) is 0 Å². The molecule has 0 aliphatic rings. The highest BCUT2D eigenvalue weighted by atomic mass is 16.5. The van der Waals surface area contributed by atoms with Gasteiger partial charge < -0.3 is 14.6 Å². The second-order valence-electron chi connectivity index (χ2n) is 4.44. The van der Waals surface area contributed by atoms with E-state index in [1.807, 2.05) is 48.5 Å². The zero-order valence-electron chi connectivity index (χ0n) is 12.0. The highest BCUT2D eigenvalue weighted by molar-refractivity contribution is 5.40. The maximum Gasteiger partial charge on any atom is 0.121 e. The van der Waals surface area contributed by atoms with Crippen molar-refractivity contribution in [3.05, 3.63) is 59.7 Å². The van der Waals surface area contributed by atoms with Crippen LogP contribution < -0.4 is 9.47 Å². The molecule has 0 radical (unpaired) electrons. The molecule has 0 heterocycles. The molecule has 0 atom stereocenters. The Morgan fingerprint density at radius 3 is 2.67 bits per heavy atom. The summed E-state index contributed by atoms with van der Waals surface area (Å²) >= 11 is 0. The molecule has 0 fully saturated rings. The fraction of sp³-hybridized carbons (Fsp3) is 0.222. The molecule has 21 heavy (non-hydrogen) atoms. The lowest BCUT2D eigenvalue weighted by molar-refractivity contribution is 0.305. The molecule has 0 aliphatic heterocycles. The summed E-state index contributed by atoms with van der Waals surface area (Å²) in [6.07, 6.45) is 0.481. The molecule has 0 saturated carbocycles. The monoisotopic (exact) mass is 282 g/mol. The largest absolute Gasteiger partial charge is 0.497 e. The average molecular weight is 282 g/mol. The number of aliphatic hydroxyl groups is 1. The highest BCUT2D eigenvalue weighted by Crippen LogP contribution is 2.17. The van der Waals surface area contributed by atoms with Crippen LogP contribution in [0, 0.1) is 11.8 Å². The quantitative estimate of drug-likeness (QED) is 0.857. The van der Waals surface area contributed by atoms with E-state index in [1.54, 1.807) is 7.11 Å². The molecule has 0 bridgehead atoms. The van der Waals surface area contributed by atoms with Gasteiger partial charge in [-0.3, -0.25) is 0 Å². The molecule has 1 N–H and O–H groups in total. The van der Waals surface area contributed by atoms with Crippen molar-refractivity contribution in [2.45, 2.75) is 13.0 Å². The molecule has 0 saturated heterocycles. The number of ether oxygens (including phenoxy) is 2. The molecular weight excluding hydrogens is 264 g/mol. The van der Waals surface area contributed by atoms with Crippen LogP contribution >= 0.6 is 0 Å². The molecule has 2 aromatic rings. The van der Waals surface area contributed by atoms with Crippen LogP contribution in [0.25, 0.3) is 0 Å². The van der Waals surface area contributed by atoms with E-state index in [2.05, 4.69) is 11.8 Å².